The Hall–Kier alpha value is -1.97. The molecule has 2 rings (SSSR count). The van der Waals surface area contributed by atoms with Crippen molar-refractivity contribution in [1.82, 2.24) is 9.21 Å². The lowest BCUT2D eigenvalue weighted by molar-refractivity contribution is -0.121. The number of aryl methyl sites for hydroxylation is 1. The van der Waals surface area contributed by atoms with Crippen LogP contribution in [0.2, 0.25) is 0 Å². The smallest absolute Gasteiger partial charge is 0.243 e. The average molecular weight is 425 g/mol. The van der Waals surface area contributed by atoms with E-state index in [0.29, 0.717) is 25.3 Å². The van der Waals surface area contributed by atoms with E-state index in [9.17, 15) is 18.0 Å². The largest absolute Gasteiger partial charge is 0.369 e. The van der Waals surface area contributed by atoms with Crippen LogP contribution in [0, 0.1) is 6.92 Å². The number of unbranched alkanes of at least 4 members (excludes halogenated alkanes) is 1. The molecule has 0 bridgehead atoms. The minimum Gasteiger partial charge on any atom is -0.369 e. The van der Waals surface area contributed by atoms with E-state index in [1.54, 1.807) is 17.0 Å². The van der Waals surface area contributed by atoms with Gasteiger partial charge in [0.15, 0.2) is 0 Å². The van der Waals surface area contributed by atoms with Crippen molar-refractivity contribution >= 4 is 27.5 Å². The Kier molecular flexibility index (Phi) is 8.60. The number of primary amides is 1. The van der Waals surface area contributed by atoms with Gasteiger partial charge in [0, 0.05) is 18.8 Å². The van der Waals surface area contributed by atoms with Crippen molar-refractivity contribution in [2.75, 3.05) is 38.0 Å². The minimum absolute atomic E-state index is 0.00970. The van der Waals surface area contributed by atoms with E-state index < -0.39 is 15.9 Å². The van der Waals surface area contributed by atoms with E-state index in [2.05, 4.69) is 5.32 Å². The predicted octanol–water partition coefficient (Wildman–Crippen LogP) is 1.70. The van der Waals surface area contributed by atoms with Crippen molar-refractivity contribution in [2.24, 2.45) is 5.73 Å². The number of carbonyl (C=O) groups excluding carboxylic acids is 2. The van der Waals surface area contributed by atoms with Crippen molar-refractivity contribution < 1.29 is 18.0 Å². The van der Waals surface area contributed by atoms with Crippen molar-refractivity contribution in [1.29, 1.82) is 0 Å². The van der Waals surface area contributed by atoms with E-state index in [0.717, 1.165) is 37.7 Å². The highest BCUT2D eigenvalue weighted by Gasteiger charge is 2.26. The molecular weight excluding hydrogens is 392 g/mol. The second kappa shape index (κ2) is 10.7. The van der Waals surface area contributed by atoms with Gasteiger partial charge in [0.25, 0.3) is 0 Å². The Morgan fingerprint density at radius 1 is 1.17 bits per heavy atom. The lowest BCUT2D eigenvalue weighted by atomic mass is 10.2. The van der Waals surface area contributed by atoms with Crippen molar-refractivity contribution in [3.63, 3.8) is 0 Å². The number of hydrogen-bond donors (Lipinski definition) is 2. The van der Waals surface area contributed by atoms with E-state index in [-0.39, 0.29) is 23.9 Å². The Morgan fingerprint density at radius 3 is 2.48 bits per heavy atom. The molecule has 1 aromatic carbocycles. The third kappa shape index (κ3) is 6.80. The number of amides is 2. The first kappa shape index (κ1) is 23.3. The van der Waals surface area contributed by atoms with Crippen molar-refractivity contribution in [3.8, 4) is 0 Å². The lowest BCUT2D eigenvalue weighted by Gasteiger charge is -2.26. The van der Waals surface area contributed by atoms with Gasteiger partial charge in [0.2, 0.25) is 21.8 Å². The molecule has 0 unspecified atom stereocenters. The fraction of sp³-hybridized carbons (Fsp3) is 0.600. The zero-order valence-corrected chi connectivity index (χ0v) is 18.1. The Balaban J connectivity index is 2.12. The first-order valence-electron chi connectivity index (χ1n) is 10.2. The summed E-state index contributed by atoms with van der Waals surface area (Å²) in [6.07, 6.45) is 4.56. The van der Waals surface area contributed by atoms with Crippen molar-refractivity contribution in [2.45, 2.75) is 50.8 Å². The van der Waals surface area contributed by atoms with Gasteiger partial charge in [-0.3, -0.25) is 14.5 Å². The van der Waals surface area contributed by atoms with Gasteiger partial charge in [-0.25, -0.2) is 8.42 Å². The van der Waals surface area contributed by atoms with E-state index in [1.807, 2.05) is 13.8 Å². The molecule has 1 saturated heterocycles. The number of nitrogens with zero attached hydrogens (tertiary/aromatic N) is 2. The van der Waals surface area contributed by atoms with Crippen LogP contribution in [-0.4, -0.2) is 62.2 Å². The molecule has 1 aromatic rings. The second-order valence-electron chi connectivity index (χ2n) is 7.52. The minimum atomic E-state index is -3.58. The summed E-state index contributed by atoms with van der Waals surface area (Å²) in [7, 11) is -3.58. The maximum absolute atomic E-state index is 12.9. The molecule has 3 N–H and O–H groups in total. The average Bonchev–Trinajstić information content (AvgIpc) is 2.68. The summed E-state index contributed by atoms with van der Waals surface area (Å²) in [4.78, 5) is 25.6. The molecule has 0 aromatic heterocycles. The molecule has 0 atom stereocenters. The van der Waals surface area contributed by atoms with Crippen LogP contribution >= 0.6 is 0 Å². The maximum Gasteiger partial charge on any atom is 0.243 e. The van der Waals surface area contributed by atoms with E-state index >= 15 is 0 Å². The molecule has 0 saturated carbocycles. The van der Waals surface area contributed by atoms with Crippen LogP contribution in [-0.2, 0) is 19.6 Å². The molecule has 1 aliphatic heterocycles. The first-order valence-corrected chi connectivity index (χ1v) is 11.6. The third-order valence-corrected chi connectivity index (χ3v) is 6.91. The SMILES string of the molecule is CCCCN(CC(N)=O)CC(=O)Nc1cc(S(=O)(=O)N2CCCCC2)ccc1C. The molecule has 0 aliphatic carbocycles. The van der Waals surface area contributed by atoms with Gasteiger partial charge in [-0.1, -0.05) is 25.8 Å². The van der Waals surface area contributed by atoms with E-state index in [1.165, 1.54) is 10.4 Å². The van der Waals surface area contributed by atoms with Gasteiger partial charge in [-0.2, -0.15) is 4.31 Å². The van der Waals surface area contributed by atoms with Gasteiger partial charge in [-0.15, -0.1) is 0 Å². The molecule has 162 valence electrons. The molecule has 1 aliphatic rings. The van der Waals surface area contributed by atoms with Crippen LogP contribution in [0.25, 0.3) is 0 Å². The number of nitrogens with two attached hydrogens (primary N) is 1. The van der Waals surface area contributed by atoms with Gasteiger partial charge < -0.3 is 11.1 Å². The molecule has 1 fully saturated rings. The number of rotatable bonds is 10. The highest BCUT2D eigenvalue weighted by molar-refractivity contribution is 7.89. The Morgan fingerprint density at radius 2 is 1.86 bits per heavy atom. The third-order valence-electron chi connectivity index (χ3n) is 5.01. The summed E-state index contributed by atoms with van der Waals surface area (Å²) in [5.41, 5.74) is 6.50. The van der Waals surface area contributed by atoms with Gasteiger partial charge in [-0.05, 0) is 50.4 Å². The zero-order valence-electron chi connectivity index (χ0n) is 17.3. The van der Waals surface area contributed by atoms with Gasteiger partial charge in [0.1, 0.15) is 0 Å². The zero-order chi connectivity index (χ0) is 21.4. The van der Waals surface area contributed by atoms with Crippen LogP contribution in [0.3, 0.4) is 0 Å². The molecule has 1 heterocycles. The van der Waals surface area contributed by atoms with Gasteiger partial charge >= 0.3 is 0 Å². The molecule has 0 radical (unpaired) electrons. The fourth-order valence-corrected chi connectivity index (χ4v) is 4.90. The first-order chi connectivity index (χ1) is 13.7. The number of piperidine rings is 1. The number of anilines is 1. The summed E-state index contributed by atoms with van der Waals surface area (Å²) in [5.74, 6) is -0.794. The monoisotopic (exact) mass is 424 g/mol. The molecule has 2 amide bonds. The Labute approximate surface area is 173 Å². The number of nitrogens with one attached hydrogen (secondary N) is 1. The molecule has 29 heavy (non-hydrogen) atoms. The summed E-state index contributed by atoms with van der Waals surface area (Å²) in [5, 5.41) is 2.79. The summed E-state index contributed by atoms with van der Waals surface area (Å²) in [6, 6.07) is 4.79. The van der Waals surface area contributed by atoms with E-state index in [4.69, 9.17) is 5.73 Å². The quantitative estimate of drug-likeness (QED) is 0.593. The molecule has 8 nitrogen and oxygen atoms in total. The van der Waals surface area contributed by atoms with Crippen molar-refractivity contribution in [3.05, 3.63) is 23.8 Å². The lowest BCUT2D eigenvalue weighted by Crippen LogP contribution is -2.39. The molecular formula is C20H32N4O4S. The predicted molar refractivity (Wildman–Crippen MR) is 113 cm³/mol. The van der Waals surface area contributed by atoms with Crippen LogP contribution in [0.5, 0.6) is 0 Å². The summed E-state index contributed by atoms with van der Waals surface area (Å²) >= 11 is 0. The summed E-state index contributed by atoms with van der Waals surface area (Å²) < 4.78 is 27.3. The number of benzene rings is 1. The van der Waals surface area contributed by atoms with Crippen LogP contribution in [0.1, 0.15) is 44.6 Å². The highest BCUT2D eigenvalue weighted by atomic mass is 32.2. The van der Waals surface area contributed by atoms with Crippen LogP contribution in [0.4, 0.5) is 5.69 Å². The number of hydrogen-bond acceptors (Lipinski definition) is 5. The topological polar surface area (TPSA) is 113 Å². The normalized spacial score (nSPS) is 15.4. The Bertz CT molecular complexity index is 820. The van der Waals surface area contributed by atoms with Gasteiger partial charge in [0.05, 0.1) is 18.0 Å². The van der Waals surface area contributed by atoms with Crippen LogP contribution < -0.4 is 11.1 Å². The molecule has 9 heteroatoms. The van der Waals surface area contributed by atoms with Crippen LogP contribution in [0.15, 0.2) is 23.1 Å². The highest BCUT2D eigenvalue weighted by Crippen LogP contribution is 2.25. The maximum atomic E-state index is 12.9. The number of sulfonamides is 1. The standard InChI is InChI=1S/C20H32N4O4S/c1-3-4-10-23(14-19(21)25)15-20(26)22-18-13-17(9-8-16(18)2)29(27,28)24-11-6-5-7-12-24/h8-9,13H,3-7,10-12,14-15H2,1-2H3,(H2,21,25)(H,22,26). The number of carbonyl (C=O) groups is 2. The second-order valence-corrected chi connectivity index (χ2v) is 9.46. The summed E-state index contributed by atoms with van der Waals surface area (Å²) in [6.45, 7) is 5.51. The fourth-order valence-electron chi connectivity index (χ4n) is 3.36. The molecule has 0 spiro atoms.